The van der Waals surface area contributed by atoms with E-state index in [1.807, 2.05) is 0 Å². The summed E-state index contributed by atoms with van der Waals surface area (Å²) in [7, 11) is -3.68. The topological polar surface area (TPSA) is 122 Å². The molecule has 0 aliphatic rings. The van der Waals surface area contributed by atoms with Crippen LogP contribution in [0.15, 0.2) is 71.8 Å². The third-order valence-corrected chi connectivity index (χ3v) is 6.88. The molecule has 0 aliphatic heterocycles. The molecule has 3 aromatic rings. The minimum absolute atomic E-state index is 0.0230. The summed E-state index contributed by atoms with van der Waals surface area (Å²) >= 11 is 12.3. The Balaban J connectivity index is 1.75. The van der Waals surface area contributed by atoms with Gasteiger partial charge >= 0.3 is 0 Å². The van der Waals surface area contributed by atoms with Crippen LogP contribution in [0.5, 0.6) is 0 Å². The molecule has 3 aromatic carbocycles. The van der Waals surface area contributed by atoms with Gasteiger partial charge in [0.1, 0.15) is 0 Å². The lowest BCUT2D eigenvalue weighted by molar-refractivity contribution is -0.384. The molecule has 0 heterocycles. The van der Waals surface area contributed by atoms with E-state index in [1.165, 1.54) is 30.3 Å². The maximum atomic E-state index is 12.5. The first kappa shape index (κ1) is 26.1. The van der Waals surface area contributed by atoms with Crippen LogP contribution in [-0.4, -0.2) is 31.2 Å². The lowest BCUT2D eigenvalue weighted by atomic mass is 10.1. The third-order valence-electron chi connectivity index (χ3n) is 4.94. The summed E-state index contributed by atoms with van der Waals surface area (Å²) in [5, 5.41) is 15.3. The minimum Gasteiger partial charge on any atom is -0.267 e. The van der Waals surface area contributed by atoms with Crippen molar-refractivity contribution in [2.24, 2.45) is 5.10 Å². The zero-order chi connectivity index (χ0) is 25.8. The van der Waals surface area contributed by atoms with Gasteiger partial charge in [0.15, 0.2) is 0 Å². The summed E-state index contributed by atoms with van der Waals surface area (Å²) in [4.78, 5) is 22.9. The normalized spacial score (nSPS) is 11.7. The summed E-state index contributed by atoms with van der Waals surface area (Å²) in [5.74, 6) is -0.501. The van der Waals surface area contributed by atoms with Gasteiger partial charge in [-0.25, -0.2) is 13.8 Å². The van der Waals surface area contributed by atoms with Crippen LogP contribution in [-0.2, 0) is 16.6 Å². The molecule has 1 N–H and O–H groups in total. The Morgan fingerprint density at radius 2 is 1.71 bits per heavy atom. The number of hydrazone groups is 1. The highest BCUT2D eigenvalue weighted by molar-refractivity contribution is 7.92. The fraction of sp³-hybridized carbons (Fsp3) is 0.130. The minimum atomic E-state index is -3.68. The Morgan fingerprint density at radius 3 is 2.34 bits per heavy atom. The number of nitro benzene ring substituents is 1. The number of anilines is 1. The molecule has 0 aromatic heterocycles. The number of rotatable bonds is 8. The van der Waals surface area contributed by atoms with E-state index < -0.39 is 20.9 Å². The predicted octanol–water partition coefficient (Wildman–Crippen LogP) is 5.02. The highest BCUT2D eigenvalue weighted by atomic mass is 35.5. The Kier molecular flexibility index (Phi) is 8.11. The van der Waals surface area contributed by atoms with E-state index in [2.05, 4.69) is 10.5 Å². The quantitative estimate of drug-likeness (QED) is 0.247. The molecule has 0 unspecified atom stereocenters. The van der Waals surface area contributed by atoms with Crippen LogP contribution in [0.2, 0.25) is 10.0 Å². The van der Waals surface area contributed by atoms with Crippen molar-refractivity contribution in [2.45, 2.75) is 13.5 Å². The second-order valence-electron chi connectivity index (χ2n) is 7.49. The highest BCUT2D eigenvalue weighted by Crippen LogP contribution is 2.34. The molecule has 1 amide bonds. The van der Waals surface area contributed by atoms with Crippen LogP contribution in [0.4, 0.5) is 11.4 Å². The average molecular weight is 535 g/mol. The summed E-state index contributed by atoms with van der Waals surface area (Å²) in [5.41, 5.74) is 4.36. The number of sulfonamides is 1. The monoisotopic (exact) mass is 534 g/mol. The Hall–Kier alpha value is -3.47. The number of benzene rings is 3. The van der Waals surface area contributed by atoms with E-state index in [4.69, 9.17) is 23.2 Å². The van der Waals surface area contributed by atoms with Crippen LogP contribution in [0.25, 0.3) is 0 Å². The van der Waals surface area contributed by atoms with Gasteiger partial charge in [0.2, 0.25) is 10.0 Å². The van der Waals surface area contributed by atoms with Gasteiger partial charge in [0.05, 0.1) is 39.2 Å². The number of carbonyl (C=O) groups is 1. The van der Waals surface area contributed by atoms with Crippen molar-refractivity contribution < 1.29 is 18.1 Å². The fourth-order valence-corrected chi connectivity index (χ4v) is 4.44. The summed E-state index contributed by atoms with van der Waals surface area (Å²) in [6.07, 6.45) is 1.06. The number of nitrogens with one attached hydrogen (secondary N) is 1. The molecule has 0 saturated carbocycles. The zero-order valence-electron chi connectivity index (χ0n) is 18.6. The van der Waals surface area contributed by atoms with Crippen LogP contribution >= 0.6 is 23.2 Å². The van der Waals surface area contributed by atoms with Gasteiger partial charge in [-0.3, -0.25) is 19.2 Å². The van der Waals surface area contributed by atoms with Crippen molar-refractivity contribution in [3.05, 3.63) is 104 Å². The molecule has 182 valence electrons. The van der Waals surface area contributed by atoms with Crippen LogP contribution in [0.3, 0.4) is 0 Å². The molecule has 0 radical (unpaired) electrons. The first-order chi connectivity index (χ1) is 16.5. The highest BCUT2D eigenvalue weighted by Gasteiger charge is 2.21. The lowest BCUT2D eigenvalue weighted by Crippen LogP contribution is -2.29. The largest absolute Gasteiger partial charge is 0.271 e. The SMILES string of the molecule is C/C(=N/NC(=O)c1ccc(CN(c2cccc(Cl)c2Cl)S(C)(=O)=O)cc1)c1cccc([N+](=O)[O-])c1. The average Bonchev–Trinajstić information content (AvgIpc) is 2.82. The number of non-ortho nitro benzene ring substituents is 1. The molecule has 0 saturated heterocycles. The van der Waals surface area contributed by atoms with Gasteiger partial charge in [0.25, 0.3) is 11.6 Å². The van der Waals surface area contributed by atoms with E-state index in [0.717, 1.165) is 10.6 Å². The number of hydrogen-bond donors (Lipinski definition) is 1. The van der Waals surface area contributed by atoms with Gasteiger partial charge in [-0.2, -0.15) is 5.10 Å². The van der Waals surface area contributed by atoms with E-state index in [1.54, 1.807) is 43.3 Å². The Morgan fingerprint density at radius 1 is 1.06 bits per heavy atom. The van der Waals surface area contributed by atoms with E-state index >= 15 is 0 Å². The predicted molar refractivity (Wildman–Crippen MR) is 137 cm³/mol. The number of hydrogen-bond acceptors (Lipinski definition) is 6. The van der Waals surface area contributed by atoms with Gasteiger partial charge in [-0.05, 0) is 36.8 Å². The lowest BCUT2D eigenvalue weighted by Gasteiger charge is -2.24. The van der Waals surface area contributed by atoms with Crippen molar-refractivity contribution in [1.29, 1.82) is 0 Å². The molecular weight excluding hydrogens is 515 g/mol. The van der Waals surface area contributed by atoms with Gasteiger partial charge in [-0.1, -0.05) is 53.5 Å². The standard InChI is InChI=1S/C23H20Cl2N4O5S/c1-15(18-5-3-6-19(13-18)29(31)32)26-27-23(30)17-11-9-16(10-12-17)14-28(35(2,33)34)21-8-4-7-20(24)22(21)25/h3-13H,14H2,1-2H3,(H,27,30)/b26-15-. The van der Waals surface area contributed by atoms with Crippen molar-refractivity contribution in [3.8, 4) is 0 Å². The maximum absolute atomic E-state index is 12.5. The van der Waals surface area contributed by atoms with Gasteiger partial charge < -0.3 is 0 Å². The van der Waals surface area contributed by atoms with E-state index in [9.17, 15) is 23.3 Å². The molecule has 0 atom stereocenters. The van der Waals surface area contributed by atoms with Crippen LogP contribution < -0.4 is 9.73 Å². The van der Waals surface area contributed by atoms with Crippen LogP contribution in [0.1, 0.15) is 28.4 Å². The number of amides is 1. The molecular formula is C23H20Cl2N4O5S. The molecule has 9 nitrogen and oxygen atoms in total. The zero-order valence-corrected chi connectivity index (χ0v) is 20.9. The summed E-state index contributed by atoms with van der Waals surface area (Å²) in [6.45, 7) is 1.59. The molecule has 0 bridgehead atoms. The number of halogens is 2. The van der Waals surface area contributed by atoms with Gasteiger partial charge in [-0.15, -0.1) is 0 Å². The second-order valence-corrected chi connectivity index (χ2v) is 10.2. The third kappa shape index (κ3) is 6.56. The molecule has 0 fully saturated rings. The summed E-state index contributed by atoms with van der Waals surface area (Å²) in [6, 6.07) is 16.9. The second kappa shape index (κ2) is 10.9. The summed E-state index contributed by atoms with van der Waals surface area (Å²) < 4.78 is 25.9. The van der Waals surface area contributed by atoms with Crippen molar-refractivity contribution in [1.82, 2.24) is 5.43 Å². The first-order valence-corrected chi connectivity index (χ1v) is 12.7. The fourth-order valence-electron chi connectivity index (χ4n) is 3.10. The number of nitro groups is 1. The number of carbonyl (C=O) groups excluding carboxylic acids is 1. The molecule has 35 heavy (non-hydrogen) atoms. The Labute approximate surface area is 212 Å². The smallest absolute Gasteiger partial charge is 0.267 e. The van der Waals surface area contributed by atoms with Crippen molar-refractivity contribution in [2.75, 3.05) is 10.6 Å². The Bertz CT molecular complexity index is 1410. The molecule has 3 rings (SSSR count). The van der Waals surface area contributed by atoms with E-state index in [-0.39, 0.29) is 33.5 Å². The first-order valence-electron chi connectivity index (χ1n) is 10.1. The molecule has 0 spiro atoms. The molecule has 12 heteroatoms. The maximum Gasteiger partial charge on any atom is 0.271 e. The van der Waals surface area contributed by atoms with Crippen LogP contribution in [0, 0.1) is 10.1 Å². The van der Waals surface area contributed by atoms with Crippen molar-refractivity contribution in [3.63, 3.8) is 0 Å². The van der Waals surface area contributed by atoms with E-state index in [0.29, 0.717) is 16.8 Å². The number of nitrogens with zero attached hydrogens (tertiary/aromatic N) is 3. The van der Waals surface area contributed by atoms with Gasteiger partial charge in [0, 0.05) is 23.3 Å². The molecule has 0 aliphatic carbocycles. The van der Waals surface area contributed by atoms with Crippen molar-refractivity contribution >= 4 is 56.2 Å².